The molecule has 0 spiro atoms. The average molecular weight is 325 g/mol. The molecule has 0 radical (unpaired) electrons. The molecule has 0 unspecified atom stereocenters. The first-order valence-electron chi connectivity index (χ1n) is 7.91. The van der Waals surface area contributed by atoms with Gasteiger partial charge >= 0.3 is 0 Å². The van der Waals surface area contributed by atoms with Gasteiger partial charge in [0.1, 0.15) is 17.2 Å². The molecular formula is C19H20FN3O. The van der Waals surface area contributed by atoms with Gasteiger partial charge in [0.25, 0.3) is 0 Å². The molecule has 4 nitrogen and oxygen atoms in total. The van der Waals surface area contributed by atoms with Gasteiger partial charge in [0.15, 0.2) is 5.96 Å². The molecule has 0 atom stereocenters. The quantitative estimate of drug-likeness (QED) is 0.558. The number of benzene rings is 2. The van der Waals surface area contributed by atoms with E-state index in [0.29, 0.717) is 31.0 Å². The van der Waals surface area contributed by atoms with Gasteiger partial charge in [-0.1, -0.05) is 36.4 Å². The maximum Gasteiger partial charge on any atom is 0.191 e. The minimum atomic E-state index is -0.176. The van der Waals surface area contributed by atoms with Crippen LogP contribution in [0.15, 0.2) is 64.0 Å². The van der Waals surface area contributed by atoms with E-state index in [1.807, 2.05) is 36.4 Å². The zero-order valence-electron chi connectivity index (χ0n) is 13.6. The predicted octanol–water partition coefficient (Wildman–Crippen LogP) is 3.48. The number of hydrogen-bond donors (Lipinski definition) is 2. The number of nitrogens with one attached hydrogen (secondary N) is 2. The standard InChI is InChI=1S/C19H20FN3O/c1-21-19(22-11-10-14-6-2-4-8-17(14)20)23-13-16-12-15-7-3-5-9-18(15)24-16/h2-9,12H,10-11,13H2,1H3,(H2,21,22,23). The Hall–Kier alpha value is -2.82. The lowest BCUT2D eigenvalue weighted by Crippen LogP contribution is -2.37. The number of fused-ring (bicyclic) bond motifs is 1. The summed E-state index contributed by atoms with van der Waals surface area (Å²) in [6, 6.07) is 16.7. The summed E-state index contributed by atoms with van der Waals surface area (Å²) in [6.07, 6.45) is 0.595. The molecule has 124 valence electrons. The van der Waals surface area contributed by atoms with E-state index in [4.69, 9.17) is 4.42 Å². The van der Waals surface area contributed by atoms with Crippen molar-refractivity contribution >= 4 is 16.9 Å². The van der Waals surface area contributed by atoms with Gasteiger partial charge in [0.2, 0.25) is 0 Å². The van der Waals surface area contributed by atoms with E-state index in [1.165, 1.54) is 6.07 Å². The van der Waals surface area contributed by atoms with E-state index >= 15 is 0 Å². The first-order chi connectivity index (χ1) is 11.8. The predicted molar refractivity (Wildman–Crippen MR) is 94.5 cm³/mol. The number of furan rings is 1. The molecule has 0 aliphatic heterocycles. The van der Waals surface area contributed by atoms with Gasteiger partial charge in [0.05, 0.1) is 6.54 Å². The first-order valence-corrected chi connectivity index (χ1v) is 7.91. The van der Waals surface area contributed by atoms with Crippen molar-refractivity contribution in [1.82, 2.24) is 10.6 Å². The molecule has 24 heavy (non-hydrogen) atoms. The summed E-state index contributed by atoms with van der Waals surface area (Å²) in [5, 5.41) is 7.46. The molecule has 2 aromatic carbocycles. The van der Waals surface area contributed by atoms with Gasteiger partial charge in [-0.2, -0.15) is 0 Å². The summed E-state index contributed by atoms with van der Waals surface area (Å²) in [6.45, 7) is 1.13. The Bertz CT molecular complexity index is 808. The largest absolute Gasteiger partial charge is 0.459 e. The van der Waals surface area contributed by atoms with E-state index in [-0.39, 0.29) is 5.82 Å². The van der Waals surface area contributed by atoms with Crippen LogP contribution in [-0.4, -0.2) is 19.6 Å². The number of rotatable bonds is 5. The smallest absolute Gasteiger partial charge is 0.191 e. The van der Waals surface area contributed by atoms with Crippen LogP contribution in [0, 0.1) is 5.82 Å². The van der Waals surface area contributed by atoms with Crippen molar-refractivity contribution in [3.63, 3.8) is 0 Å². The van der Waals surface area contributed by atoms with E-state index in [9.17, 15) is 4.39 Å². The number of aliphatic imine (C=N–C) groups is 1. The van der Waals surface area contributed by atoms with Crippen molar-refractivity contribution < 1.29 is 8.81 Å². The summed E-state index contributed by atoms with van der Waals surface area (Å²) in [5.41, 5.74) is 1.56. The Morgan fingerprint density at radius 2 is 1.88 bits per heavy atom. The highest BCUT2D eigenvalue weighted by Crippen LogP contribution is 2.18. The summed E-state index contributed by atoms with van der Waals surface area (Å²) in [4.78, 5) is 4.17. The third kappa shape index (κ3) is 3.93. The van der Waals surface area contributed by atoms with E-state index in [0.717, 1.165) is 16.7 Å². The van der Waals surface area contributed by atoms with Crippen molar-refractivity contribution in [3.8, 4) is 0 Å². The second kappa shape index (κ2) is 7.64. The second-order valence-corrected chi connectivity index (χ2v) is 5.44. The fraction of sp³-hybridized carbons (Fsp3) is 0.211. The van der Waals surface area contributed by atoms with Crippen molar-refractivity contribution in [1.29, 1.82) is 0 Å². The molecular weight excluding hydrogens is 305 g/mol. The molecule has 0 aliphatic carbocycles. The number of halogens is 1. The van der Waals surface area contributed by atoms with Crippen LogP contribution >= 0.6 is 0 Å². The summed E-state index contributed by atoms with van der Waals surface area (Å²) < 4.78 is 19.3. The summed E-state index contributed by atoms with van der Waals surface area (Å²) >= 11 is 0. The van der Waals surface area contributed by atoms with Crippen molar-refractivity contribution in [3.05, 3.63) is 71.7 Å². The van der Waals surface area contributed by atoms with Crippen molar-refractivity contribution in [2.75, 3.05) is 13.6 Å². The fourth-order valence-corrected chi connectivity index (χ4v) is 2.53. The molecule has 3 aromatic rings. The van der Waals surface area contributed by atoms with Crippen LogP contribution in [-0.2, 0) is 13.0 Å². The fourth-order valence-electron chi connectivity index (χ4n) is 2.53. The normalized spacial score (nSPS) is 11.7. The Kier molecular flexibility index (Phi) is 5.11. The highest BCUT2D eigenvalue weighted by atomic mass is 19.1. The lowest BCUT2D eigenvalue weighted by atomic mass is 10.1. The monoisotopic (exact) mass is 325 g/mol. The molecule has 0 saturated carbocycles. The molecule has 5 heteroatoms. The van der Waals surface area contributed by atoms with Crippen LogP contribution in [0.4, 0.5) is 4.39 Å². The van der Waals surface area contributed by atoms with Gasteiger partial charge < -0.3 is 15.1 Å². The maximum atomic E-state index is 13.6. The van der Waals surface area contributed by atoms with Gasteiger partial charge in [-0.3, -0.25) is 4.99 Å². The number of para-hydroxylation sites is 1. The lowest BCUT2D eigenvalue weighted by Gasteiger charge is -2.11. The third-order valence-corrected chi connectivity index (χ3v) is 3.77. The lowest BCUT2D eigenvalue weighted by molar-refractivity contribution is 0.538. The van der Waals surface area contributed by atoms with E-state index in [1.54, 1.807) is 19.2 Å². The molecule has 1 heterocycles. The summed E-state index contributed by atoms with van der Waals surface area (Å²) in [5.74, 6) is 1.32. The van der Waals surface area contributed by atoms with Crippen LogP contribution in [0.5, 0.6) is 0 Å². The van der Waals surface area contributed by atoms with Crippen LogP contribution in [0.3, 0.4) is 0 Å². The molecule has 0 aliphatic rings. The molecule has 2 N–H and O–H groups in total. The highest BCUT2D eigenvalue weighted by Gasteiger charge is 2.05. The Morgan fingerprint density at radius 1 is 1.08 bits per heavy atom. The molecule has 0 fully saturated rings. The van der Waals surface area contributed by atoms with Gasteiger partial charge in [-0.25, -0.2) is 4.39 Å². The second-order valence-electron chi connectivity index (χ2n) is 5.44. The topological polar surface area (TPSA) is 49.6 Å². The summed E-state index contributed by atoms with van der Waals surface area (Å²) in [7, 11) is 1.71. The Balaban J connectivity index is 1.51. The number of hydrogen-bond acceptors (Lipinski definition) is 2. The molecule has 0 saturated heterocycles. The van der Waals surface area contributed by atoms with Crippen molar-refractivity contribution in [2.45, 2.75) is 13.0 Å². The molecule has 0 amide bonds. The maximum absolute atomic E-state index is 13.6. The molecule has 1 aromatic heterocycles. The highest BCUT2D eigenvalue weighted by molar-refractivity contribution is 5.80. The van der Waals surface area contributed by atoms with Crippen LogP contribution in [0.1, 0.15) is 11.3 Å². The van der Waals surface area contributed by atoms with Crippen LogP contribution in [0.2, 0.25) is 0 Å². The molecule has 0 bridgehead atoms. The van der Waals surface area contributed by atoms with Gasteiger partial charge in [-0.05, 0) is 30.2 Å². The minimum Gasteiger partial charge on any atom is -0.459 e. The van der Waals surface area contributed by atoms with Crippen LogP contribution < -0.4 is 10.6 Å². The van der Waals surface area contributed by atoms with E-state index < -0.39 is 0 Å². The zero-order chi connectivity index (χ0) is 16.8. The Morgan fingerprint density at radius 3 is 2.67 bits per heavy atom. The number of guanidine groups is 1. The van der Waals surface area contributed by atoms with Crippen molar-refractivity contribution in [2.24, 2.45) is 4.99 Å². The van der Waals surface area contributed by atoms with Crippen LogP contribution in [0.25, 0.3) is 11.0 Å². The zero-order valence-corrected chi connectivity index (χ0v) is 13.6. The van der Waals surface area contributed by atoms with Gasteiger partial charge in [-0.15, -0.1) is 0 Å². The average Bonchev–Trinajstić information content (AvgIpc) is 3.02. The number of nitrogens with zero attached hydrogens (tertiary/aromatic N) is 1. The SMILES string of the molecule is CN=C(NCCc1ccccc1F)NCc1cc2ccccc2o1. The minimum absolute atomic E-state index is 0.176. The third-order valence-electron chi connectivity index (χ3n) is 3.77. The molecule has 3 rings (SSSR count). The van der Waals surface area contributed by atoms with E-state index in [2.05, 4.69) is 15.6 Å². The Labute approximate surface area is 140 Å². The first kappa shape index (κ1) is 16.1. The van der Waals surface area contributed by atoms with Gasteiger partial charge in [0, 0.05) is 19.0 Å².